The van der Waals surface area contributed by atoms with Crippen molar-refractivity contribution in [3.63, 3.8) is 0 Å². The summed E-state index contributed by atoms with van der Waals surface area (Å²) in [5.74, 6) is 2.00. The summed E-state index contributed by atoms with van der Waals surface area (Å²) in [6.45, 7) is 5.35. The van der Waals surface area contributed by atoms with E-state index >= 15 is 0 Å². The first-order chi connectivity index (χ1) is 9.25. The average Bonchev–Trinajstić information content (AvgIpc) is 3.06. The molecule has 0 bridgehead atoms. The summed E-state index contributed by atoms with van der Waals surface area (Å²) in [4.78, 5) is 19.2. The molecule has 0 spiro atoms. The molecule has 1 aromatic rings. The largest absolute Gasteiger partial charge is 0.349 e. The Bertz CT molecular complexity index is 551. The third-order valence-corrected chi connectivity index (χ3v) is 5.00. The average molecular weight is 260 g/mol. The molecule has 3 heterocycles. The molecule has 1 aliphatic carbocycles. The van der Waals surface area contributed by atoms with Crippen LogP contribution in [0.15, 0.2) is 17.2 Å². The fraction of sp³-hybridized carbons (Fsp3) is 0.714. The van der Waals surface area contributed by atoms with E-state index in [0.29, 0.717) is 29.7 Å². The lowest BCUT2D eigenvalue weighted by molar-refractivity contribution is 0.471. The SMILES string of the molecule is CC1C2CNCC2CN1c1nccn(C2CC2)c1=O. The summed E-state index contributed by atoms with van der Waals surface area (Å²) in [5.41, 5.74) is 0.102. The second kappa shape index (κ2) is 4.07. The maximum absolute atomic E-state index is 12.5. The zero-order chi connectivity index (χ0) is 13.0. The molecule has 1 N–H and O–H groups in total. The number of fused-ring (bicyclic) bond motifs is 1. The summed E-state index contributed by atoms with van der Waals surface area (Å²) in [6, 6.07) is 0.837. The smallest absolute Gasteiger partial charge is 0.293 e. The Balaban J connectivity index is 1.69. The van der Waals surface area contributed by atoms with Crippen molar-refractivity contribution in [3.05, 3.63) is 22.7 Å². The zero-order valence-corrected chi connectivity index (χ0v) is 11.2. The Kier molecular flexibility index (Phi) is 2.45. The van der Waals surface area contributed by atoms with Gasteiger partial charge in [-0.2, -0.15) is 0 Å². The molecule has 19 heavy (non-hydrogen) atoms. The lowest BCUT2D eigenvalue weighted by atomic mass is 9.95. The predicted octanol–water partition coefficient (Wildman–Crippen LogP) is 0.622. The lowest BCUT2D eigenvalue weighted by Gasteiger charge is -2.25. The first-order valence-corrected chi connectivity index (χ1v) is 7.30. The van der Waals surface area contributed by atoms with Crippen molar-refractivity contribution in [3.8, 4) is 0 Å². The summed E-state index contributed by atoms with van der Waals surface area (Å²) >= 11 is 0. The molecule has 3 aliphatic rings. The second-order valence-corrected chi connectivity index (χ2v) is 6.17. The van der Waals surface area contributed by atoms with Gasteiger partial charge in [0.05, 0.1) is 0 Å². The van der Waals surface area contributed by atoms with Crippen LogP contribution in [0, 0.1) is 11.8 Å². The van der Waals surface area contributed by atoms with Gasteiger partial charge in [0.15, 0.2) is 5.82 Å². The highest BCUT2D eigenvalue weighted by atomic mass is 16.1. The van der Waals surface area contributed by atoms with Gasteiger partial charge in [0, 0.05) is 44.1 Å². The van der Waals surface area contributed by atoms with Crippen molar-refractivity contribution in [1.82, 2.24) is 14.9 Å². The fourth-order valence-corrected chi connectivity index (χ4v) is 3.70. The van der Waals surface area contributed by atoms with Crippen molar-refractivity contribution in [1.29, 1.82) is 0 Å². The van der Waals surface area contributed by atoms with Crippen LogP contribution in [0.2, 0.25) is 0 Å². The molecule has 4 rings (SSSR count). The molecule has 0 radical (unpaired) electrons. The van der Waals surface area contributed by atoms with Crippen molar-refractivity contribution < 1.29 is 0 Å². The van der Waals surface area contributed by atoms with E-state index in [-0.39, 0.29) is 5.56 Å². The molecule has 1 saturated carbocycles. The summed E-state index contributed by atoms with van der Waals surface area (Å²) in [5, 5.41) is 3.45. The van der Waals surface area contributed by atoms with E-state index in [9.17, 15) is 4.79 Å². The van der Waals surface area contributed by atoms with Gasteiger partial charge >= 0.3 is 0 Å². The Morgan fingerprint density at radius 3 is 2.95 bits per heavy atom. The Hall–Kier alpha value is -1.36. The highest BCUT2D eigenvalue weighted by Crippen LogP contribution is 2.36. The van der Waals surface area contributed by atoms with Gasteiger partial charge in [0.1, 0.15) is 0 Å². The predicted molar refractivity (Wildman–Crippen MR) is 73.4 cm³/mol. The van der Waals surface area contributed by atoms with Crippen LogP contribution in [0.25, 0.3) is 0 Å². The van der Waals surface area contributed by atoms with Crippen LogP contribution in [0.5, 0.6) is 0 Å². The van der Waals surface area contributed by atoms with Crippen molar-refractivity contribution in [2.24, 2.45) is 11.8 Å². The number of hydrogen-bond donors (Lipinski definition) is 1. The van der Waals surface area contributed by atoms with E-state index in [1.165, 1.54) is 0 Å². The van der Waals surface area contributed by atoms with Crippen molar-refractivity contribution >= 4 is 5.82 Å². The highest BCUT2D eigenvalue weighted by molar-refractivity contribution is 5.40. The Morgan fingerprint density at radius 2 is 2.21 bits per heavy atom. The molecule has 1 aromatic heterocycles. The number of rotatable bonds is 2. The summed E-state index contributed by atoms with van der Waals surface area (Å²) in [6.07, 6.45) is 5.89. The van der Waals surface area contributed by atoms with E-state index in [4.69, 9.17) is 0 Å². The summed E-state index contributed by atoms with van der Waals surface area (Å²) in [7, 11) is 0. The topological polar surface area (TPSA) is 50.2 Å². The molecular formula is C14H20N4O. The molecule has 102 valence electrons. The Morgan fingerprint density at radius 1 is 1.37 bits per heavy atom. The van der Waals surface area contributed by atoms with Crippen LogP contribution < -0.4 is 15.8 Å². The van der Waals surface area contributed by atoms with Crippen LogP contribution in [-0.2, 0) is 0 Å². The molecule has 0 amide bonds. The fourth-order valence-electron chi connectivity index (χ4n) is 3.70. The van der Waals surface area contributed by atoms with Crippen LogP contribution in [0.1, 0.15) is 25.8 Å². The zero-order valence-electron chi connectivity index (χ0n) is 11.2. The number of anilines is 1. The molecule has 3 fully saturated rings. The quantitative estimate of drug-likeness (QED) is 0.847. The van der Waals surface area contributed by atoms with Crippen LogP contribution in [0.3, 0.4) is 0 Å². The first kappa shape index (κ1) is 11.5. The van der Waals surface area contributed by atoms with Gasteiger partial charge in [-0.15, -0.1) is 0 Å². The third-order valence-electron chi connectivity index (χ3n) is 5.00. The van der Waals surface area contributed by atoms with Crippen LogP contribution in [0.4, 0.5) is 5.82 Å². The molecule has 3 unspecified atom stereocenters. The summed E-state index contributed by atoms with van der Waals surface area (Å²) < 4.78 is 1.88. The maximum atomic E-state index is 12.5. The minimum atomic E-state index is 0.102. The van der Waals surface area contributed by atoms with E-state index in [1.54, 1.807) is 6.20 Å². The number of aromatic nitrogens is 2. The Labute approximate surface area is 112 Å². The molecule has 0 aromatic carbocycles. The molecule has 5 nitrogen and oxygen atoms in total. The van der Waals surface area contributed by atoms with Gasteiger partial charge in [-0.3, -0.25) is 4.79 Å². The van der Waals surface area contributed by atoms with E-state index in [2.05, 4.69) is 22.1 Å². The lowest BCUT2D eigenvalue weighted by Crippen LogP contribution is -2.38. The molecule has 5 heteroatoms. The van der Waals surface area contributed by atoms with Crippen molar-refractivity contribution in [2.75, 3.05) is 24.5 Å². The number of hydrogen-bond acceptors (Lipinski definition) is 4. The van der Waals surface area contributed by atoms with Gasteiger partial charge in [0.25, 0.3) is 5.56 Å². The second-order valence-electron chi connectivity index (χ2n) is 6.17. The maximum Gasteiger partial charge on any atom is 0.293 e. The van der Waals surface area contributed by atoms with Gasteiger partial charge < -0.3 is 14.8 Å². The minimum Gasteiger partial charge on any atom is -0.349 e. The standard InChI is InChI=1S/C14H20N4O/c1-9-12-7-15-6-10(12)8-18(9)13-14(19)17(5-4-16-13)11-2-3-11/h4-5,9-12,15H,2-3,6-8H2,1H3. The van der Waals surface area contributed by atoms with E-state index in [1.807, 2.05) is 10.8 Å². The van der Waals surface area contributed by atoms with Gasteiger partial charge in [-0.05, 0) is 31.6 Å². The minimum absolute atomic E-state index is 0.102. The van der Waals surface area contributed by atoms with Crippen LogP contribution >= 0.6 is 0 Å². The third kappa shape index (κ3) is 1.71. The van der Waals surface area contributed by atoms with Crippen LogP contribution in [-0.4, -0.2) is 35.2 Å². The number of nitrogens with zero attached hydrogens (tertiary/aromatic N) is 3. The molecule has 2 aliphatic heterocycles. The van der Waals surface area contributed by atoms with Gasteiger partial charge in [-0.25, -0.2) is 4.98 Å². The number of nitrogens with one attached hydrogen (secondary N) is 1. The normalized spacial score (nSPS) is 33.7. The molecule has 3 atom stereocenters. The highest BCUT2D eigenvalue weighted by Gasteiger charge is 2.43. The first-order valence-electron chi connectivity index (χ1n) is 7.30. The molecular weight excluding hydrogens is 240 g/mol. The van der Waals surface area contributed by atoms with E-state index in [0.717, 1.165) is 32.5 Å². The monoisotopic (exact) mass is 260 g/mol. The van der Waals surface area contributed by atoms with Gasteiger partial charge in [-0.1, -0.05) is 0 Å². The van der Waals surface area contributed by atoms with Gasteiger partial charge in [0.2, 0.25) is 0 Å². The van der Waals surface area contributed by atoms with E-state index < -0.39 is 0 Å². The van der Waals surface area contributed by atoms with Crippen molar-refractivity contribution in [2.45, 2.75) is 31.8 Å². The molecule has 2 saturated heterocycles.